The Morgan fingerprint density at radius 1 is 1.48 bits per heavy atom. The van der Waals surface area contributed by atoms with Crippen LogP contribution in [0.2, 0.25) is 0 Å². The van der Waals surface area contributed by atoms with E-state index in [1.54, 1.807) is 25.3 Å². The van der Waals surface area contributed by atoms with E-state index in [0.717, 1.165) is 5.69 Å². The van der Waals surface area contributed by atoms with Crippen molar-refractivity contribution in [3.8, 4) is 0 Å². The molecule has 0 saturated carbocycles. The molecule has 1 aromatic rings. The van der Waals surface area contributed by atoms with Crippen molar-refractivity contribution in [2.75, 3.05) is 13.7 Å². The number of carbonyl (C=O) groups is 1. The van der Waals surface area contributed by atoms with Gasteiger partial charge in [0, 0.05) is 16.8 Å². The molecular formula is C13H16N2O6. The topological polar surface area (TPSA) is 116 Å². The SMILES string of the molecule is COC(=O)C(C)[C@@H](C[N+](=O)[O-])c1ccc(C)nc1.O=C=O. The fourth-order valence-electron chi connectivity index (χ4n) is 1.76. The zero-order valence-corrected chi connectivity index (χ0v) is 11.9. The Kier molecular flexibility index (Phi) is 8.17. The van der Waals surface area contributed by atoms with Crippen molar-refractivity contribution in [1.29, 1.82) is 0 Å². The molecule has 114 valence electrons. The van der Waals surface area contributed by atoms with Crippen LogP contribution in [0.25, 0.3) is 0 Å². The average Bonchev–Trinajstić information content (AvgIpc) is 2.45. The van der Waals surface area contributed by atoms with Crippen LogP contribution in [0.4, 0.5) is 0 Å². The van der Waals surface area contributed by atoms with Crippen molar-refractivity contribution < 1.29 is 24.0 Å². The molecule has 8 heteroatoms. The number of hydrogen-bond acceptors (Lipinski definition) is 7. The molecule has 1 rings (SSSR count). The van der Waals surface area contributed by atoms with Gasteiger partial charge >= 0.3 is 12.1 Å². The Hall–Kier alpha value is -2.60. The lowest BCUT2D eigenvalue weighted by atomic mass is 9.88. The highest BCUT2D eigenvalue weighted by molar-refractivity contribution is 5.73. The maximum atomic E-state index is 11.5. The fraction of sp³-hybridized carbons (Fsp3) is 0.462. The molecule has 1 aromatic heterocycles. The number of methoxy groups -OCH3 is 1. The highest BCUT2D eigenvalue weighted by atomic mass is 16.6. The Bertz CT molecular complexity index is 508. The number of hydrogen-bond donors (Lipinski definition) is 0. The van der Waals surface area contributed by atoms with Crippen LogP contribution in [0.1, 0.15) is 24.1 Å². The molecule has 0 amide bonds. The summed E-state index contributed by atoms with van der Waals surface area (Å²) < 4.78 is 4.64. The molecule has 0 aromatic carbocycles. The molecule has 0 aliphatic rings. The number of pyridine rings is 1. The first-order valence-electron chi connectivity index (χ1n) is 5.98. The zero-order chi connectivity index (χ0) is 16.4. The van der Waals surface area contributed by atoms with Crippen molar-refractivity contribution in [3.05, 3.63) is 39.7 Å². The Labute approximate surface area is 121 Å². The van der Waals surface area contributed by atoms with Crippen LogP contribution in [0.3, 0.4) is 0 Å². The number of nitrogens with zero attached hydrogens (tertiary/aromatic N) is 2. The van der Waals surface area contributed by atoms with E-state index in [2.05, 4.69) is 9.72 Å². The van der Waals surface area contributed by atoms with Gasteiger partial charge in [0.1, 0.15) is 0 Å². The van der Waals surface area contributed by atoms with Gasteiger partial charge in [-0.25, -0.2) is 0 Å². The van der Waals surface area contributed by atoms with Crippen LogP contribution >= 0.6 is 0 Å². The first kappa shape index (κ1) is 18.4. The third-order valence-corrected chi connectivity index (χ3v) is 2.88. The van der Waals surface area contributed by atoms with Gasteiger partial charge in [0.05, 0.1) is 18.9 Å². The lowest BCUT2D eigenvalue weighted by Crippen LogP contribution is -2.26. The maximum absolute atomic E-state index is 11.5. The Morgan fingerprint density at radius 2 is 2.05 bits per heavy atom. The van der Waals surface area contributed by atoms with Crippen LogP contribution in [-0.2, 0) is 19.1 Å². The van der Waals surface area contributed by atoms with Gasteiger partial charge in [-0.05, 0) is 18.6 Å². The van der Waals surface area contributed by atoms with Crippen molar-refractivity contribution in [2.45, 2.75) is 19.8 Å². The molecule has 0 radical (unpaired) electrons. The van der Waals surface area contributed by atoms with E-state index >= 15 is 0 Å². The summed E-state index contributed by atoms with van der Waals surface area (Å²) in [6.45, 7) is 3.14. The third-order valence-electron chi connectivity index (χ3n) is 2.88. The smallest absolute Gasteiger partial charge is 0.373 e. The van der Waals surface area contributed by atoms with Gasteiger partial charge in [-0.15, -0.1) is 0 Å². The van der Waals surface area contributed by atoms with E-state index in [4.69, 9.17) is 9.59 Å². The average molecular weight is 296 g/mol. The molecule has 0 bridgehead atoms. The minimum absolute atomic E-state index is 0.250. The molecule has 0 aliphatic carbocycles. The molecule has 0 N–H and O–H groups in total. The highest BCUT2D eigenvalue weighted by Gasteiger charge is 2.30. The lowest BCUT2D eigenvalue weighted by Gasteiger charge is -2.18. The van der Waals surface area contributed by atoms with Gasteiger partial charge in [-0.2, -0.15) is 9.59 Å². The monoisotopic (exact) mass is 296 g/mol. The van der Waals surface area contributed by atoms with Gasteiger partial charge in [-0.1, -0.05) is 13.0 Å². The number of rotatable bonds is 5. The standard InChI is InChI=1S/C12H16N2O4.CO2/c1-8-4-5-10(6-13-8)11(7-14(16)17)9(2)12(15)18-3;2-1-3/h4-6,9,11H,7H2,1-3H3;/t9?,11-;/m1./s1. The van der Waals surface area contributed by atoms with E-state index in [1.165, 1.54) is 7.11 Å². The van der Waals surface area contributed by atoms with E-state index < -0.39 is 22.7 Å². The third kappa shape index (κ3) is 6.40. The molecule has 1 unspecified atom stereocenters. The summed E-state index contributed by atoms with van der Waals surface area (Å²) in [5.74, 6) is -1.56. The number of nitro groups is 1. The first-order valence-corrected chi connectivity index (χ1v) is 5.98. The molecular weight excluding hydrogens is 280 g/mol. The maximum Gasteiger partial charge on any atom is 0.373 e. The molecule has 2 atom stereocenters. The van der Waals surface area contributed by atoms with Crippen LogP contribution in [0.15, 0.2) is 18.3 Å². The molecule has 21 heavy (non-hydrogen) atoms. The van der Waals surface area contributed by atoms with Gasteiger partial charge in [0.2, 0.25) is 6.54 Å². The normalized spacial score (nSPS) is 12.1. The largest absolute Gasteiger partial charge is 0.469 e. The van der Waals surface area contributed by atoms with Crippen LogP contribution in [0, 0.1) is 23.0 Å². The summed E-state index contributed by atoms with van der Waals surface area (Å²) in [6.07, 6.45) is 1.82. The number of aryl methyl sites for hydroxylation is 1. The molecule has 0 fully saturated rings. The second-order valence-electron chi connectivity index (χ2n) is 4.25. The minimum atomic E-state index is -0.579. The van der Waals surface area contributed by atoms with Gasteiger partial charge in [0.25, 0.3) is 0 Å². The van der Waals surface area contributed by atoms with Crippen molar-refractivity contribution in [1.82, 2.24) is 4.98 Å². The molecule has 8 nitrogen and oxygen atoms in total. The summed E-state index contributed by atoms with van der Waals surface area (Å²) >= 11 is 0. The van der Waals surface area contributed by atoms with Gasteiger partial charge in [0.15, 0.2) is 0 Å². The molecule has 1 heterocycles. The van der Waals surface area contributed by atoms with Crippen LogP contribution in [-0.4, -0.2) is 35.7 Å². The van der Waals surface area contributed by atoms with Crippen LogP contribution in [0.5, 0.6) is 0 Å². The molecule has 0 spiro atoms. The second-order valence-corrected chi connectivity index (χ2v) is 4.25. The fourth-order valence-corrected chi connectivity index (χ4v) is 1.76. The highest BCUT2D eigenvalue weighted by Crippen LogP contribution is 2.25. The van der Waals surface area contributed by atoms with Gasteiger partial charge in [-0.3, -0.25) is 19.9 Å². The first-order chi connectivity index (χ1) is 9.87. The van der Waals surface area contributed by atoms with E-state index in [1.807, 2.05) is 6.92 Å². The number of esters is 1. The van der Waals surface area contributed by atoms with E-state index in [-0.39, 0.29) is 12.7 Å². The van der Waals surface area contributed by atoms with Crippen molar-refractivity contribution in [2.24, 2.45) is 5.92 Å². The number of aromatic nitrogens is 1. The van der Waals surface area contributed by atoms with E-state index in [9.17, 15) is 14.9 Å². The minimum Gasteiger partial charge on any atom is -0.469 e. The van der Waals surface area contributed by atoms with Crippen molar-refractivity contribution >= 4 is 12.1 Å². The summed E-state index contributed by atoms with van der Waals surface area (Å²) in [4.78, 5) is 42.1. The predicted octanol–water partition coefficient (Wildman–Crippen LogP) is 0.976. The summed E-state index contributed by atoms with van der Waals surface area (Å²) in [5, 5.41) is 10.7. The molecule has 0 aliphatic heterocycles. The van der Waals surface area contributed by atoms with E-state index in [0.29, 0.717) is 5.56 Å². The quantitative estimate of drug-likeness (QED) is 0.451. The summed E-state index contributed by atoms with van der Waals surface area (Å²) in [7, 11) is 1.27. The number of ether oxygens (including phenoxy) is 1. The molecule has 0 saturated heterocycles. The number of carbonyl (C=O) groups excluding carboxylic acids is 3. The van der Waals surface area contributed by atoms with Crippen LogP contribution < -0.4 is 0 Å². The van der Waals surface area contributed by atoms with Gasteiger partial charge < -0.3 is 4.74 Å². The second kappa shape index (κ2) is 9.33. The summed E-state index contributed by atoms with van der Waals surface area (Å²) in [5.41, 5.74) is 1.50. The summed E-state index contributed by atoms with van der Waals surface area (Å²) in [6, 6.07) is 3.53. The lowest BCUT2D eigenvalue weighted by molar-refractivity contribution is -0.484. The predicted molar refractivity (Wildman–Crippen MR) is 69.8 cm³/mol. The Balaban J connectivity index is 0.00000122. The van der Waals surface area contributed by atoms with Crippen molar-refractivity contribution in [3.63, 3.8) is 0 Å². The zero-order valence-electron chi connectivity index (χ0n) is 11.9. The Morgan fingerprint density at radius 3 is 2.43 bits per heavy atom.